The van der Waals surface area contributed by atoms with Crippen molar-refractivity contribution in [1.29, 1.82) is 10.5 Å². The SMILES string of the molecule is CCCCSc1c(F)c(C#N)c(C#N)c(F)c1Oc1ccc(F)cc1. The molecule has 0 saturated carbocycles. The first-order valence-corrected chi connectivity index (χ1v) is 8.43. The smallest absolute Gasteiger partial charge is 0.186 e. The molecule has 2 rings (SSSR count). The Labute approximate surface area is 147 Å². The van der Waals surface area contributed by atoms with Crippen molar-refractivity contribution in [2.45, 2.75) is 24.7 Å². The van der Waals surface area contributed by atoms with E-state index in [-0.39, 0.29) is 10.6 Å². The first kappa shape index (κ1) is 18.7. The molecular weight excluding hydrogens is 349 g/mol. The average Bonchev–Trinajstić information content (AvgIpc) is 2.61. The van der Waals surface area contributed by atoms with Crippen LogP contribution in [0.15, 0.2) is 29.2 Å². The summed E-state index contributed by atoms with van der Waals surface area (Å²) in [5.74, 6) is -2.49. The molecule has 0 aromatic heterocycles. The number of nitriles is 2. The summed E-state index contributed by atoms with van der Waals surface area (Å²) in [5, 5.41) is 18.1. The van der Waals surface area contributed by atoms with E-state index < -0.39 is 34.3 Å². The molecule has 0 aliphatic carbocycles. The third-order valence-corrected chi connectivity index (χ3v) is 4.44. The molecule has 128 valence electrons. The van der Waals surface area contributed by atoms with E-state index in [1.165, 1.54) is 24.3 Å². The van der Waals surface area contributed by atoms with Crippen molar-refractivity contribution in [3.63, 3.8) is 0 Å². The Bertz CT molecular complexity index is 855. The predicted octanol–water partition coefficient (Wildman–Crippen LogP) is 5.53. The molecule has 0 spiro atoms. The third kappa shape index (κ3) is 4.07. The number of rotatable bonds is 6. The minimum absolute atomic E-state index is 0.0886. The molecule has 0 unspecified atom stereocenters. The number of ether oxygens (including phenoxy) is 1. The first-order chi connectivity index (χ1) is 12.0. The minimum Gasteiger partial charge on any atom is -0.453 e. The second-order valence-corrected chi connectivity index (χ2v) is 6.12. The molecule has 0 aliphatic heterocycles. The Morgan fingerprint density at radius 3 is 2.16 bits per heavy atom. The Kier molecular flexibility index (Phi) is 6.32. The Morgan fingerprint density at radius 1 is 1.00 bits per heavy atom. The summed E-state index contributed by atoms with van der Waals surface area (Å²) in [6.07, 6.45) is 1.61. The van der Waals surface area contributed by atoms with Crippen molar-refractivity contribution in [2.75, 3.05) is 5.75 Å². The Morgan fingerprint density at radius 2 is 1.60 bits per heavy atom. The molecule has 2 aromatic carbocycles. The Hall–Kier alpha value is -2.64. The van der Waals surface area contributed by atoms with Crippen molar-refractivity contribution in [1.82, 2.24) is 0 Å². The second kappa shape index (κ2) is 8.46. The highest BCUT2D eigenvalue weighted by molar-refractivity contribution is 7.99. The van der Waals surface area contributed by atoms with Crippen molar-refractivity contribution in [3.05, 3.63) is 52.8 Å². The molecule has 0 fully saturated rings. The molecule has 0 amide bonds. The molecule has 2 aromatic rings. The average molecular weight is 362 g/mol. The normalized spacial score (nSPS) is 10.2. The zero-order valence-electron chi connectivity index (χ0n) is 13.3. The van der Waals surface area contributed by atoms with Crippen LogP contribution < -0.4 is 4.74 Å². The number of halogens is 3. The van der Waals surface area contributed by atoms with Crippen LogP contribution in [0.5, 0.6) is 11.5 Å². The molecule has 0 saturated heterocycles. The largest absolute Gasteiger partial charge is 0.453 e. The number of unbranched alkanes of at least 4 members (excludes halogenated alkanes) is 1. The van der Waals surface area contributed by atoms with Crippen molar-refractivity contribution in [3.8, 4) is 23.6 Å². The van der Waals surface area contributed by atoms with E-state index in [0.29, 0.717) is 5.75 Å². The molecule has 0 heterocycles. The fraction of sp³-hybridized carbons (Fsp3) is 0.222. The van der Waals surface area contributed by atoms with Crippen LogP contribution in [0, 0.1) is 40.1 Å². The summed E-state index contributed by atoms with van der Waals surface area (Å²) in [4.78, 5) is -0.175. The van der Waals surface area contributed by atoms with Gasteiger partial charge in [-0.2, -0.15) is 10.5 Å². The van der Waals surface area contributed by atoms with E-state index in [1.54, 1.807) is 0 Å². The highest BCUT2D eigenvalue weighted by atomic mass is 32.2. The summed E-state index contributed by atoms with van der Waals surface area (Å²) < 4.78 is 47.7. The third-order valence-electron chi connectivity index (χ3n) is 3.30. The summed E-state index contributed by atoms with van der Waals surface area (Å²) in [5.41, 5.74) is -1.36. The van der Waals surface area contributed by atoms with Gasteiger partial charge in [0.2, 0.25) is 0 Å². The van der Waals surface area contributed by atoms with Crippen LogP contribution in [-0.2, 0) is 0 Å². The van der Waals surface area contributed by atoms with Crippen LogP contribution in [-0.4, -0.2) is 5.75 Å². The summed E-state index contributed by atoms with van der Waals surface area (Å²) in [6, 6.07) is 7.78. The molecule has 0 atom stereocenters. The van der Waals surface area contributed by atoms with Gasteiger partial charge < -0.3 is 4.74 Å². The van der Waals surface area contributed by atoms with Crippen LogP contribution in [0.4, 0.5) is 13.2 Å². The zero-order valence-corrected chi connectivity index (χ0v) is 14.1. The fourth-order valence-electron chi connectivity index (χ4n) is 2.01. The molecular formula is C18H13F3N2OS. The molecule has 0 aliphatic rings. The van der Waals surface area contributed by atoms with Gasteiger partial charge >= 0.3 is 0 Å². The Balaban J connectivity index is 2.58. The number of nitrogens with zero attached hydrogens (tertiary/aromatic N) is 2. The van der Waals surface area contributed by atoms with Crippen molar-refractivity contribution in [2.24, 2.45) is 0 Å². The van der Waals surface area contributed by atoms with Gasteiger partial charge in [0.1, 0.15) is 34.8 Å². The quantitative estimate of drug-likeness (QED) is 0.501. The van der Waals surface area contributed by atoms with Crippen LogP contribution in [0.1, 0.15) is 30.9 Å². The summed E-state index contributed by atoms with van der Waals surface area (Å²) in [7, 11) is 0. The van der Waals surface area contributed by atoms with Gasteiger partial charge in [-0.05, 0) is 36.4 Å². The molecule has 25 heavy (non-hydrogen) atoms. The number of benzene rings is 2. The van der Waals surface area contributed by atoms with Crippen molar-refractivity contribution < 1.29 is 17.9 Å². The lowest BCUT2D eigenvalue weighted by atomic mass is 10.1. The van der Waals surface area contributed by atoms with Gasteiger partial charge in [-0.3, -0.25) is 0 Å². The standard InChI is InChI=1S/C18H13F3N2OS/c1-2-3-8-25-18-16(21)14(10-23)13(9-22)15(20)17(18)24-12-6-4-11(19)5-7-12/h4-7H,2-3,8H2,1H3. The lowest BCUT2D eigenvalue weighted by molar-refractivity contribution is 0.417. The number of thioether (sulfide) groups is 1. The topological polar surface area (TPSA) is 56.8 Å². The van der Waals surface area contributed by atoms with Gasteiger partial charge in [0, 0.05) is 0 Å². The van der Waals surface area contributed by atoms with E-state index in [9.17, 15) is 13.2 Å². The highest BCUT2D eigenvalue weighted by Gasteiger charge is 2.26. The lowest BCUT2D eigenvalue weighted by Gasteiger charge is -2.15. The van der Waals surface area contributed by atoms with Gasteiger partial charge in [-0.1, -0.05) is 13.3 Å². The molecule has 0 radical (unpaired) electrons. The molecule has 3 nitrogen and oxygen atoms in total. The number of hydrogen-bond acceptors (Lipinski definition) is 4. The van der Waals surface area contributed by atoms with Gasteiger partial charge in [-0.25, -0.2) is 13.2 Å². The monoisotopic (exact) mass is 362 g/mol. The zero-order chi connectivity index (χ0) is 18.4. The maximum atomic E-state index is 14.7. The van der Waals surface area contributed by atoms with Crippen LogP contribution in [0.3, 0.4) is 0 Å². The van der Waals surface area contributed by atoms with Crippen LogP contribution >= 0.6 is 11.8 Å². The molecule has 7 heteroatoms. The van der Waals surface area contributed by atoms with E-state index >= 15 is 0 Å². The van der Waals surface area contributed by atoms with Gasteiger partial charge in [-0.15, -0.1) is 11.8 Å². The van der Waals surface area contributed by atoms with Crippen molar-refractivity contribution >= 4 is 11.8 Å². The van der Waals surface area contributed by atoms with Gasteiger partial charge in [0.15, 0.2) is 17.4 Å². The summed E-state index contributed by atoms with van der Waals surface area (Å²) >= 11 is 1.01. The number of hydrogen-bond donors (Lipinski definition) is 0. The predicted molar refractivity (Wildman–Crippen MR) is 87.9 cm³/mol. The minimum atomic E-state index is -1.11. The molecule has 0 bridgehead atoms. The maximum absolute atomic E-state index is 14.7. The van der Waals surface area contributed by atoms with E-state index in [4.69, 9.17) is 15.3 Å². The first-order valence-electron chi connectivity index (χ1n) is 7.44. The van der Waals surface area contributed by atoms with Crippen LogP contribution in [0.25, 0.3) is 0 Å². The highest BCUT2D eigenvalue weighted by Crippen LogP contribution is 2.41. The van der Waals surface area contributed by atoms with E-state index in [0.717, 1.165) is 36.7 Å². The van der Waals surface area contributed by atoms with E-state index in [2.05, 4.69) is 0 Å². The fourth-order valence-corrected chi connectivity index (χ4v) is 3.14. The van der Waals surface area contributed by atoms with Gasteiger partial charge in [0.25, 0.3) is 0 Å². The second-order valence-electron chi connectivity index (χ2n) is 5.02. The maximum Gasteiger partial charge on any atom is 0.186 e. The van der Waals surface area contributed by atoms with Crippen LogP contribution in [0.2, 0.25) is 0 Å². The van der Waals surface area contributed by atoms with E-state index in [1.807, 2.05) is 6.92 Å². The van der Waals surface area contributed by atoms with Gasteiger partial charge in [0.05, 0.1) is 4.90 Å². The molecule has 0 N–H and O–H groups in total. The lowest BCUT2D eigenvalue weighted by Crippen LogP contribution is -2.03. The summed E-state index contributed by atoms with van der Waals surface area (Å²) in [6.45, 7) is 1.95.